The number of aromatic hydroxyl groups is 1. The van der Waals surface area contributed by atoms with Crippen LogP contribution in [0.4, 0.5) is 0 Å². The predicted molar refractivity (Wildman–Crippen MR) is 140 cm³/mol. The smallest absolute Gasteiger partial charge is 0.266 e. The maximum absolute atomic E-state index is 13.3. The van der Waals surface area contributed by atoms with Gasteiger partial charge in [-0.05, 0) is 61.5 Å². The van der Waals surface area contributed by atoms with E-state index in [0.717, 1.165) is 11.8 Å². The highest BCUT2D eigenvalue weighted by atomic mass is 32.2. The number of fused-ring (bicyclic) bond motifs is 1. The van der Waals surface area contributed by atoms with Crippen LogP contribution >= 0.6 is 11.8 Å². The highest BCUT2D eigenvalue weighted by Crippen LogP contribution is 2.26. The van der Waals surface area contributed by atoms with Gasteiger partial charge < -0.3 is 14.6 Å². The molecule has 0 radical (unpaired) electrons. The Kier molecular flexibility index (Phi) is 7.55. The Morgan fingerprint density at radius 2 is 1.83 bits per heavy atom. The molecular weight excluding hydrogens is 480 g/mol. The van der Waals surface area contributed by atoms with Gasteiger partial charge >= 0.3 is 0 Å². The third-order valence-corrected chi connectivity index (χ3v) is 6.29. The van der Waals surface area contributed by atoms with Crippen LogP contribution in [0.25, 0.3) is 16.6 Å². The van der Waals surface area contributed by atoms with Gasteiger partial charge in [0.15, 0.2) is 16.7 Å². The number of aromatic nitrogens is 2. The molecule has 1 aromatic heterocycles. The lowest BCUT2D eigenvalue weighted by Crippen LogP contribution is -2.24. The normalized spacial score (nSPS) is 11.4. The molecule has 0 aliphatic carbocycles. The summed E-state index contributed by atoms with van der Waals surface area (Å²) in [5.41, 5.74) is 4.66. The topological polar surface area (TPSA) is 115 Å². The molecule has 184 valence electrons. The predicted octanol–water partition coefficient (Wildman–Crippen LogP) is 3.74. The van der Waals surface area contributed by atoms with Gasteiger partial charge in [-0.25, -0.2) is 10.4 Å². The first-order valence-corrected chi connectivity index (χ1v) is 11.9. The van der Waals surface area contributed by atoms with Crippen LogP contribution in [0.2, 0.25) is 0 Å². The van der Waals surface area contributed by atoms with Crippen LogP contribution in [0, 0.1) is 0 Å². The van der Waals surface area contributed by atoms with Crippen LogP contribution < -0.4 is 20.5 Å². The number of rotatable bonds is 8. The van der Waals surface area contributed by atoms with E-state index in [1.54, 1.807) is 68.6 Å². The molecule has 0 unspecified atom stereocenters. The zero-order chi connectivity index (χ0) is 25.7. The summed E-state index contributed by atoms with van der Waals surface area (Å²) in [6.07, 6.45) is 0. The lowest BCUT2D eigenvalue weighted by Gasteiger charge is -2.13. The van der Waals surface area contributed by atoms with Crippen molar-refractivity contribution in [1.82, 2.24) is 15.0 Å². The molecule has 2 N–H and O–H groups in total. The van der Waals surface area contributed by atoms with Crippen LogP contribution in [0.1, 0.15) is 12.5 Å². The molecule has 3 aromatic carbocycles. The van der Waals surface area contributed by atoms with Gasteiger partial charge in [0.1, 0.15) is 5.75 Å². The largest absolute Gasteiger partial charge is 0.504 e. The van der Waals surface area contributed by atoms with Gasteiger partial charge in [-0.2, -0.15) is 5.10 Å². The Hall–Kier alpha value is -4.31. The second-order valence-corrected chi connectivity index (χ2v) is 8.60. The van der Waals surface area contributed by atoms with Gasteiger partial charge in [0.25, 0.3) is 11.5 Å². The van der Waals surface area contributed by atoms with Crippen molar-refractivity contribution in [3.05, 3.63) is 82.6 Å². The second kappa shape index (κ2) is 11.0. The van der Waals surface area contributed by atoms with Crippen LogP contribution in [-0.4, -0.2) is 46.2 Å². The molecule has 9 nitrogen and oxygen atoms in total. The first-order chi connectivity index (χ1) is 17.4. The van der Waals surface area contributed by atoms with Gasteiger partial charge in [-0.3, -0.25) is 14.2 Å². The molecule has 1 amide bonds. The fourth-order valence-corrected chi connectivity index (χ4v) is 4.25. The number of hydrogen-bond donors (Lipinski definition) is 2. The standard InChI is InChI=1S/C26H24N4O5S/c1-16(17-8-13-22(31)23(14-17)35-3)28-29-24(32)15-36-26-27-21-7-5-4-6-20(21)25(33)30(26)18-9-11-19(34-2)12-10-18/h4-14,31H,15H2,1-3H3,(H,29,32)/b28-16+. The van der Waals surface area contributed by atoms with Crippen molar-refractivity contribution >= 4 is 34.3 Å². The number of benzene rings is 3. The van der Waals surface area contributed by atoms with Gasteiger partial charge in [0, 0.05) is 5.56 Å². The Morgan fingerprint density at radius 3 is 2.56 bits per heavy atom. The van der Waals surface area contributed by atoms with Crippen molar-refractivity contribution < 1.29 is 19.4 Å². The number of para-hydroxylation sites is 1. The fraction of sp³-hybridized carbons (Fsp3) is 0.154. The first kappa shape index (κ1) is 24.8. The molecule has 10 heteroatoms. The minimum atomic E-state index is -0.367. The molecule has 0 saturated heterocycles. The van der Waals surface area contributed by atoms with Gasteiger partial charge in [-0.15, -0.1) is 0 Å². The van der Waals surface area contributed by atoms with Crippen molar-refractivity contribution in [1.29, 1.82) is 0 Å². The highest BCUT2D eigenvalue weighted by molar-refractivity contribution is 7.99. The van der Waals surface area contributed by atoms with E-state index in [0.29, 0.717) is 44.5 Å². The molecule has 0 atom stereocenters. The molecule has 0 spiro atoms. The summed E-state index contributed by atoms with van der Waals surface area (Å²) in [6.45, 7) is 1.73. The zero-order valence-corrected chi connectivity index (χ0v) is 20.7. The van der Waals surface area contributed by atoms with Gasteiger partial charge in [0.05, 0.1) is 42.3 Å². The van der Waals surface area contributed by atoms with Gasteiger partial charge in [-0.1, -0.05) is 23.9 Å². The number of hydrazone groups is 1. The summed E-state index contributed by atoms with van der Waals surface area (Å²) in [4.78, 5) is 30.5. The van der Waals surface area contributed by atoms with Crippen molar-refractivity contribution in [2.45, 2.75) is 12.1 Å². The summed E-state index contributed by atoms with van der Waals surface area (Å²) in [6, 6.07) is 18.9. The monoisotopic (exact) mass is 504 g/mol. The van der Waals surface area contributed by atoms with Crippen LogP contribution in [0.3, 0.4) is 0 Å². The van der Waals surface area contributed by atoms with Crippen LogP contribution in [-0.2, 0) is 4.79 Å². The Labute approximate surface area is 211 Å². The molecule has 0 bridgehead atoms. The average Bonchev–Trinajstić information content (AvgIpc) is 2.91. The highest BCUT2D eigenvalue weighted by Gasteiger charge is 2.15. The zero-order valence-electron chi connectivity index (χ0n) is 19.9. The summed E-state index contributed by atoms with van der Waals surface area (Å²) < 4.78 is 11.8. The van der Waals surface area contributed by atoms with E-state index in [2.05, 4.69) is 15.5 Å². The lowest BCUT2D eigenvalue weighted by molar-refractivity contribution is -0.118. The molecule has 0 saturated carbocycles. The van der Waals surface area contributed by atoms with Crippen LogP contribution in [0.15, 0.2) is 81.8 Å². The second-order valence-electron chi connectivity index (χ2n) is 7.66. The molecule has 0 aliphatic heterocycles. The number of phenols is 1. The Bertz CT molecular complexity index is 1500. The van der Waals surface area contributed by atoms with E-state index in [1.807, 2.05) is 6.07 Å². The number of ether oxygens (including phenoxy) is 2. The molecule has 0 fully saturated rings. The Morgan fingerprint density at radius 1 is 1.08 bits per heavy atom. The van der Waals surface area contributed by atoms with E-state index in [1.165, 1.54) is 17.7 Å². The maximum atomic E-state index is 13.3. The number of thioether (sulfide) groups is 1. The third kappa shape index (κ3) is 5.33. The molecular formula is C26H24N4O5S. The number of methoxy groups -OCH3 is 2. The van der Waals surface area contributed by atoms with Crippen molar-refractivity contribution in [3.8, 4) is 22.9 Å². The van der Waals surface area contributed by atoms with E-state index >= 15 is 0 Å². The van der Waals surface area contributed by atoms with Gasteiger partial charge in [0.2, 0.25) is 0 Å². The lowest BCUT2D eigenvalue weighted by atomic mass is 10.1. The number of carbonyl (C=O) groups excluding carboxylic acids is 1. The SMILES string of the molecule is COc1ccc(-n2c(SCC(=O)N/N=C(\C)c3ccc(O)c(OC)c3)nc3ccccc3c2=O)cc1. The molecule has 4 rings (SSSR count). The number of nitrogens with zero attached hydrogens (tertiary/aromatic N) is 3. The van der Waals surface area contributed by atoms with Crippen molar-refractivity contribution in [3.63, 3.8) is 0 Å². The van der Waals surface area contributed by atoms with Crippen molar-refractivity contribution in [2.24, 2.45) is 5.10 Å². The summed E-state index contributed by atoms with van der Waals surface area (Å²) >= 11 is 1.13. The van der Waals surface area contributed by atoms with Crippen molar-refractivity contribution in [2.75, 3.05) is 20.0 Å². The molecule has 0 aliphatic rings. The number of nitrogens with one attached hydrogen (secondary N) is 1. The minimum absolute atomic E-state index is 0.0141. The van der Waals surface area contributed by atoms with E-state index in [-0.39, 0.29) is 23.0 Å². The van der Waals surface area contributed by atoms with E-state index in [4.69, 9.17) is 9.47 Å². The maximum Gasteiger partial charge on any atom is 0.266 e. The number of amides is 1. The fourth-order valence-electron chi connectivity index (χ4n) is 3.44. The van der Waals surface area contributed by atoms with E-state index in [9.17, 15) is 14.7 Å². The third-order valence-electron chi connectivity index (χ3n) is 5.35. The average molecular weight is 505 g/mol. The summed E-state index contributed by atoms with van der Waals surface area (Å²) in [7, 11) is 3.03. The molecule has 36 heavy (non-hydrogen) atoms. The first-order valence-electron chi connectivity index (χ1n) is 10.9. The van der Waals surface area contributed by atoms with Crippen LogP contribution in [0.5, 0.6) is 17.2 Å². The quantitative estimate of drug-likeness (QED) is 0.163. The number of phenolic OH excluding ortho intramolecular Hbond substituents is 1. The number of carbonyl (C=O) groups is 1. The molecule has 1 heterocycles. The summed E-state index contributed by atoms with van der Waals surface area (Å²) in [5.74, 6) is 0.599. The number of hydrogen-bond acceptors (Lipinski definition) is 8. The van der Waals surface area contributed by atoms with E-state index < -0.39 is 0 Å². The minimum Gasteiger partial charge on any atom is -0.504 e. The summed E-state index contributed by atoms with van der Waals surface area (Å²) in [5, 5.41) is 14.8. The Balaban J connectivity index is 1.56. The molecule has 4 aromatic rings.